The van der Waals surface area contributed by atoms with Gasteiger partial charge in [-0.15, -0.1) is 11.8 Å². The third-order valence-electron chi connectivity index (χ3n) is 7.18. The Bertz CT molecular complexity index is 1780. The van der Waals surface area contributed by atoms with Crippen molar-refractivity contribution in [2.24, 2.45) is 11.1 Å². The highest BCUT2D eigenvalue weighted by molar-refractivity contribution is 8.02. The Kier molecular flexibility index (Phi) is 12.4. The number of carbonyl (C=O) groups is 1. The third kappa shape index (κ3) is 9.49. The maximum absolute atomic E-state index is 13.8. The molecular weight excluding hydrogens is 721 g/mol. The van der Waals surface area contributed by atoms with E-state index in [0.29, 0.717) is 11.1 Å². The van der Waals surface area contributed by atoms with Crippen molar-refractivity contribution >= 4 is 61.0 Å². The van der Waals surface area contributed by atoms with Gasteiger partial charge in [0.1, 0.15) is 6.10 Å². The van der Waals surface area contributed by atoms with Crippen molar-refractivity contribution in [2.75, 3.05) is 18.9 Å². The fourth-order valence-electron chi connectivity index (χ4n) is 4.57. The normalized spacial score (nSPS) is 18.9. The fraction of sp³-hybridized carbons (Fsp3) is 0.367. The van der Waals surface area contributed by atoms with E-state index in [1.807, 2.05) is 0 Å². The number of rotatable bonds is 15. The van der Waals surface area contributed by atoms with E-state index < -0.39 is 49.0 Å². The van der Waals surface area contributed by atoms with Gasteiger partial charge in [-0.2, -0.15) is 13.1 Å². The first-order chi connectivity index (χ1) is 22.1. The van der Waals surface area contributed by atoms with Crippen LogP contribution >= 0.6 is 35.0 Å². The highest BCUT2D eigenvalue weighted by atomic mass is 35.5. The second-order valence-electron chi connectivity index (χ2n) is 10.5. The maximum atomic E-state index is 13.8. The first kappa shape index (κ1) is 37.2. The minimum atomic E-state index is -4.40. The van der Waals surface area contributed by atoms with Crippen LogP contribution in [0.5, 0.6) is 11.5 Å². The summed E-state index contributed by atoms with van der Waals surface area (Å²) in [7, 11) is -8.61. The zero-order valence-corrected chi connectivity index (χ0v) is 28.9. The van der Waals surface area contributed by atoms with Crippen molar-refractivity contribution < 1.29 is 44.6 Å². The average molecular weight is 754 g/mol. The van der Waals surface area contributed by atoms with Crippen LogP contribution in [0.2, 0.25) is 0 Å². The van der Waals surface area contributed by atoms with E-state index in [4.69, 9.17) is 37.8 Å². The molecule has 2 atom stereocenters. The van der Waals surface area contributed by atoms with Gasteiger partial charge in [-0.25, -0.2) is 26.8 Å². The summed E-state index contributed by atoms with van der Waals surface area (Å²) >= 11 is 13.9. The third-order valence-corrected chi connectivity index (χ3v) is 12.1. The Balaban J connectivity index is 1.71. The quantitative estimate of drug-likeness (QED) is 0.164. The van der Waals surface area contributed by atoms with Crippen LogP contribution < -0.4 is 14.6 Å². The molecule has 0 spiro atoms. The molecule has 17 heteroatoms. The van der Waals surface area contributed by atoms with Gasteiger partial charge in [0.05, 0.1) is 16.4 Å². The van der Waals surface area contributed by atoms with Crippen LogP contribution in [-0.4, -0.2) is 58.0 Å². The summed E-state index contributed by atoms with van der Waals surface area (Å²) in [6, 6.07) is 8.58. The van der Waals surface area contributed by atoms with Crippen molar-refractivity contribution in [3.63, 3.8) is 0 Å². The lowest BCUT2D eigenvalue weighted by Crippen LogP contribution is -2.40. The molecule has 0 bridgehead atoms. The standard InChI is InChI=1S/C30H32Cl2F2N2O8S3/c1-3-23(31)22(24(32)4-2)16-26(19-10-11-25(44-30(33)34)27(14-19)42-17-18-8-9-18)43-29(37)28-36(12-13-45-28)47(40,41)21-7-5-6-20(15-21)46(35,38)39/h3-7,10-11,14-15,18,26,28,30H,1,8-9,12-13,16-17H2,2H3,(H2,35,38,39)/b23-22+,24-4+/t26-,28-/m0/s1. The SMILES string of the molecule is C=C/C(Cl)=C(C[C@H](OC(=O)[C@@H]1SCCN1S(=O)(=O)c1cccc(S(N)(=O)=O)c1)c1ccc(OC(F)F)c(OCC2CC2)c1)\C(Cl)=C/C. The average Bonchev–Trinajstić information content (AvgIpc) is 3.72. The van der Waals surface area contributed by atoms with E-state index in [0.717, 1.165) is 41.0 Å². The predicted octanol–water partition coefficient (Wildman–Crippen LogP) is 6.28. The summed E-state index contributed by atoms with van der Waals surface area (Å²) in [5, 5.41) is 4.22. The Morgan fingerprint density at radius 2 is 1.83 bits per heavy atom. The van der Waals surface area contributed by atoms with Crippen molar-refractivity contribution in [3.8, 4) is 11.5 Å². The van der Waals surface area contributed by atoms with Crippen molar-refractivity contribution in [1.29, 1.82) is 0 Å². The van der Waals surface area contributed by atoms with Crippen LogP contribution in [0.4, 0.5) is 8.78 Å². The zero-order chi connectivity index (χ0) is 34.5. The van der Waals surface area contributed by atoms with Crippen LogP contribution in [0.1, 0.15) is 37.9 Å². The fourth-order valence-corrected chi connectivity index (χ4v) is 8.71. The number of ether oxygens (including phenoxy) is 3. The Hall–Kier alpha value is -2.66. The van der Waals surface area contributed by atoms with Gasteiger partial charge >= 0.3 is 12.6 Å². The van der Waals surface area contributed by atoms with Crippen LogP contribution in [0, 0.1) is 5.92 Å². The Labute approximate surface area is 286 Å². The molecule has 2 N–H and O–H groups in total. The number of allylic oxidation sites excluding steroid dienone is 4. The number of esters is 1. The lowest BCUT2D eigenvalue weighted by atomic mass is 9.99. The topological polar surface area (TPSA) is 142 Å². The van der Waals surface area contributed by atoms with Gasteiger partial charge in [-0.3, -0.25) is 0 Å². The minimum Gasteiger partial charge on any atom is -0.489 e. The zero-order valence-electron chi connectivity index (χ0n) is 25.0. The van der Waals surface area contributed by atoms with Gasteiger partial charge in [0.25, 0.3) is 0 Å². The largest absolute Gasteiger partial charge is 0.489 e. The summed E-state index contributed by atoms with van der Waals surface area (Å²) in [4.78, 5) is 13.0. The minimum absolute atomic E-state index is 0.00223. The van der Waals surface area contributed by atoms with E-state index >= 15 is 0 Å². The molecule has 10 nitrogen and oxygen atoms in total. The monoisotopic (exact) mass is 752 g/mol. The van der Waals surface area contributed by atoms with E-state index in [1.165, 1.54) is 36.4 Å². The molecular formula is C30H32Cl2F2N2O8S3. The summed E-state index contributed by atoms with van der Waals surface area (Å²) < 4.78 is 94.7. The van der Waals surface area contributed by atoms with Crippen molar-refractivity contribution in [1.82, 2.24) is 4.31 Å². The highest BCUT2D eigenvalue weighted by Gasteiger charge is 2.42. The number of hydrogen-bond donors (Lipinski definition) is 1. The Morgan fingerprint density at radius 3 is 2.45 bits per heavy atom. The number of thioether (sulfide) groups is 1. The molecule has 0 unspecified atom stereocenters. The van der Waals surface area contributed by atoms with E-state index in [-0.39, 0.29) is 57.7 Å². The van der Waals surface area contributed by atoms with Crippen LogP contribution in [0.3, 0.4) is 0 Å². The Morgan fingerprint density at radius 1 is 1.13 bits per heavy atom. The first-order valence-electron chi connectivity index (χ1n) is 14.2. The van der Waals surface area contributed by atoms with Crippen LogP contribution in [-0.2, 0) is 29.6 Å². The van der Waals surface area contributed by atoms with E-state index in [2.05, 4.69) is 11.3 Å². The molecule has 0 aromatic heterocycles. The number of benzene rings is 2. The molecule has 1 saturated heterocycles. The molecule has 2 aliphatic rings. The van der Waals surface area contributed by atoms with Gasteiger partial charge in [0, 0.05) is 28.8 Å². The number of alkyl halides is 2. The summed E-state index contributed by atoms with van der Waals surface area (Å²) in [6.45, 7) is 2.41. The summed E-state index contributed by atoms with van der Waals surface area (Å²) in [5.41, 5.74) is 0.649. The predicted molar refractivity (Wildman–Crippen MR) is 175 cm³/mol. The first-order valence-corrected chi connectivity index (χ1v) is 19.0. The highest BCUT2D eigenvalue weighted by Crippen LogP contribution is 2.40. The molecule has 4 rings (SSSR count). The molecule has 256 valence electrons. The second kappa shape index (κ2) is 15.7. The molecule has 1 saturated carbocycles. The molecule has 2 aromatic carbocycles. The van der Waals surface area contributed by atoms with Gasteiger partial charge in [0.2, 0.25) is 20.0 Å². The van der Waals surface area contributed by atoms with Crippen molar-refractivity contribution in [2.45, 2.75) is 54.1 Å². The number of carbonyl (C=O) groups excluding carboxylic acids is 1. The molecule has 2 fully saturated rings. The number of hydrogen-bond acceptors (Lipinski definition) is 9. The molecule has 0 radical (unpaired) electrons. The number of primary sulfonamides is 1. The molecule has 0 amide bonds. The molecule has 47 heavy (non-hydrogen) atoms. The summed E-state index contributed by atoms with van der Waals surface area (Å²) in [6.07, 6.45) is 3.51. The maximum Gasteiger partial charge on any atom is 0.387 e. The van der Waals surface area contributed by atoms with Gasteiger partial charge in [-0.05, 0) is 67.2 Å². The molecule has 1 aliphatic carbocycles. The van der Waals surface area contributed by atoms with Gasteiger partial charge < -0.3 is 14.2 Å². The number of nitrogens with zero attached hydrogens (tertiary/aromatic N) is 1. The van der Waals surface area contributed by atoms with Crippen LogP contribution in [0.15, 0.2) is 86.6 Å². The number of halogens is 4. The summed E-state index contributed by atoms with van der Waals surface area (Å²) in [5.74, 6) is -0.648. The molecule has 1 aliphatic heterocycles. The molecule has 2 aromatic rings. The van der Waals surface area contributed by atoms with Crippen LogP contribution in [0.25, 0.3) is 0 Å². The van der Waals surface area contributed by atoms with Crippen molar-refractivity contribution in [3.05, 3.63) is 82.4 Å². The van der Waals surface area contributed by atoms with Gasteiger partial charge in [-0.1, -0.05) is 54.1 Å². The van der Waals surface area contributed by atoms with E-state index in [9.17, 15) is 30.4 Å². The van der Waals surface area contributed by atoms with E-state index in [1.54, 1.807) is 13.0 Å². The lowest BCUT2D eigenvalue weighted by molar-refractivity contribution is -0.150. The smallest absolute Gasteiger partial charge is 0.387 e. The van der Waals surface area contributed by atoms with Gasteiger partial charge in [0.15, 0.2) is 16.9 Å². The number of nitrogens with two attached hydrogens (primary N) is 1. The molecule has 1 heterocycles. The lowest BCUT2D eigenvalue weighted by Gasteiger charge is -2.26. The second-order valence-corrected chi connectivity index (χ2v) is 15.9. The number of sulfonamides is 2.